The number of phenols is 1. The van der Waals surface area contributed by atoms with E-state index < -0.39 is 0 Å². The van der Waals surface area contributed by atoms with Gasteiger partial charge in [-0.15, -0.1) is 6.58 Å². The average Bonchev–Trinajstić information content (AvgIpc) is 2.93. The van der Waals surface area contributed by atoms with Gasteiger partial charge in [-0.1, -0.05) is 6.08 Å². The highest BCUT2D eigenvalue weighted by Crippen LogP contribution is 2.44. The van der Waals surface area contributed by atoms with Gasteiger partial charge >= 0.3 is 0 Å². The Bertz CT molecular complexity index is 736. The first-order valence-corrected chi connectivity index (χ1v) is 8.52. The van der Waals surface area contributed by atoms with Crippen LogP contribution in [0.15, 0.2) is 30.9 Å². The normalized spacial score (nSPS) is 27.6. The number of hydrogen-bond donors (Lipinski definition) is 3. The van der Waals surface area contributed by atoms with Gasteiger partial charge in [-0.2, -0.15) is 0 Å². The fraction of sp³-hybridized carbons (Fsp3) is 0.474. The van der Waals surface area contributed by atoms with Crippen molar-refractivity contribution in [3.63, 3.8) is 0 Å². The van der Waals surface area contributed by atoms with Gasteiger partial charge in [-0.05, 0) is 54.9 Å². The molecule has 2 aliphatic heterocycles. The second kappa shape index (κ2) is 5.69. The lowest BCUT2D eigenvalue weighted by Crippen LogP contribution is -2.45. The Balaban J connectivity index is 1.73. The van der Waals surface area contributed by atoms with Crippen LogP contribution < -0.4 is 0 Å². The number of aliphatic hydroxyl groups is 1. The molecule has 0 unspecified atom stereocenters. The molecular formula is C19H24N2O2. The summed E-state index contributed by atoms with van der Waals surface area (Å²) < 4.78 is 0. The lowest BCUT2D eigenvalue weighted by molar-refractivity contribution is 0.0594. The molecule has 0 bridgehead atoms. The van der Waals surface area contributed by atoms with Gasteiger partial charge in [-0.3, -0.25) is 4.90 Å². The Kier molecular flexibility index (Phi) is 3.66. The summed E-state index contributed by atoms with van der Waals surface area (Å²) in [6.45, 7) is 6.32. The first kappa shape index (κ1) is 14.8. The van der Waals surface area contributed by atoms with Crippen LogP contribution in [0.5, 0.6) is 5.75 Å². The largest absolute Gasteiger partial charge is 0.508 e. The van der Waals surface area contributed by atoms with Gasteiger partial charge in [0.15, 0.2) is 0 Å². The highest BCUT2D eigenvalue weighted by atomic mass is 16.3. The van der Waals surface area contributed by atoms with Gasteiger partial charge < -0.3 is 15.2 Å². The van der Waals surface area contributed by atoms with E-state index >= 15 is 0 Å². The SMILES string of the molecule is C=C[C@H]1CN2CCc3c([nH]c4ccc(O)cc34)[C@@H]2C[C@@H]1CCO. The predicted octanol–water partition coefficient (Wildman–Crippen LogP) is 2.98. The molecule has 1 aromatic carbocycles. The van der Waals surface area contributed by atoms with Crippen molar-refractivity contribution >= 4 is 10.9 Å². The molecule has 2 aromatic rings. The monoisotopic (exact) mass is 312 g/mol. The number of hydrogen-bond acceptors (Lipinski definition) is 3. The summed E-state index contributed by atoms with van der Waals surface area (Å²) in [5, 5.41) is 20.3. The van der Waals surface area contributed by atoms with Crippen molar-refractivity contribution in [1.82, 2.24) is 9.88 Å². The standard InChI is InChI=1S/C19H24N2O2/c1-2-12-11-21-7-5-15-16-10-14(23)3-4-17(16)20-19(15)18(21)9-13(12)6-8-22/h2-4,10,12-13,18,20,22-23H,1,5-9,11H2/t12-,13-,18-/m0/s1. The second-order valence-electron chi connectivity index (χ2n) is 6.92. The summed E-state index contributed by atoms with van der Waals surface area (Å²) in [5.74, 6) is 1.29. The van der Waals surface area contributed by atoms with E-state index in [1.165, 1.54) is 11.3 Å². The Morgan fingerprint density at radius 1 is 1.39 bits per heavy atom. The summed E-state index contributed by atoms with van der Waals surface area (Å²) in [6, 6.07) is 5.97. The van der Waals surface area contributed by atoms with E-state index in [2.05, 4.69) is 22.5 Å². The molecule has 2 aliphatic rings. The molecule has 3 atom stereocenters. The number of phenolic OH excluding ortho intramolecular Hbond substituents is 1. The van der Waals surface area contributed by atoms with E-state index in [9.17, 15) is 10.2 Å². The minimum absolute atomic E-state index is 0.245. The molecule has 0 radical (unpaired) electrons. The van der Waals surface area contributed by atoms with Crippen LogP contribution in [0.4, 0.5) is 0 Å². The van der Waals surface area contributed by atoms with E-state index in [1.807, 2.05) is 12.1 Å². The van der Waals surface area contributed by atoms with E-state index in [-0.39, 0.29) is 6.61 Å². The number of benzene rings is 1. The van der Waals surface area contributed by atoms with E-state index in [0.29, 0.717) is 23.6 Å². The summed E-state index contributed by atoms with van der Waals surface area (Å²) in [6.07, 6.45) is 4.99. The van der Waals surface area contributed by atoms with Crippen molar-refractivity contribution in [3.8, 4) is 5.75 Å². The molecule has 0 spiro atoms. The van der Waals surface area contributed by atoms with E-state index in [4.69, 9.17) is 0 Å². The molecule has 0 aliphatic carbocycles. The van der Waals surface area contributed by atoms with Crippen molar-refractivity contribution < 1.29 is 10.2 Å². The molecule has 1 aromatic heterocycles. The number of nitrogens with zero attached hydrogens (tertiary/aromatic N) is 1. The molecule has 4 nitrogen and oxygen atoms in total. The molecule has 3 N–H and O–H groups in total. The number of aromatic hydroxyl groups is 1. The maximum Gasteiger partial charge on any atom is 0.116 e. The van der Waals surface area contributed by atoms with Crippen molar-refractivity contribution in [3.05, 3.63) is 42.1 Å². The Morgan fingerprint density at radius 3 is 3.04 bits per heavy atom. The maximum atomic E-state index is 9.80. The molecule has 0 amide bonds. The summed E-state index contributed by atoms with van der Waals surface area (Å²) in [5.41, 5.74) is 3.78. The predicted molar refractivity (Wildman–Crippen MR) is 91.5 cm³/mol. The van der Waals surface area contributed by atoms with Crippen LogP contribution in [-0.2, 0) is 6.42 Å². The van der Waals surface area contributed by atoms with Crippen LogP contribution in [0.1, 0.15) is 30.1 Å². The minimum Gasteiger partial charge on any atom is -0.508 e. The first-order valence-electron chi connectivity index (χ1n) is 8.52. The summed E-state index contributed by atoms with van der Waals surface area (Å²) in [4.78, 5) is 6.15. The number of nitrogens with one attached hydrogen (secondary N) is 1. The summed E-state index contributed by atoms with van der Waals surface area (Å²) in [7, 11) is 0. The van der Waals surface area contributed by atoms with Crippen molar-refractivity contribution in [1.29, 1.82) is 0 Å². The van der Waals surface area contributed by atoms with Gasteiger partial charge in [0.25, 0.3) is 0 Å². The van der Waals surface area contributed by atoms with Crippen LogP contribution >= 0.6 is 0 Å². The number of aliphatic hydroxyl groups excluding tert-OH is 1. The van der Waals surface area contributed by atoms with Gasteiger partial charge in [0, 0.05) is 36.3 Å². The molecule has 4 heteroatoms. The van der Waals surface area contributed by atoms with Crippen molar-refractivity contribution in [2.45, 2.75) is 25.3 Å². The molecule has 4 rings (SSSR count). The maximum absolute atomic E-state index is 9.80. The van der Waals surface area contributed by atoms with Crippen LogP contribution in [0.3, 0.4) is 0 Å². The second-order valence-corrected chi connectivity index (χ2v) is 6.92. The average molecular weight is 312 g/mol. The van der Waals surface area contributed by atoms with E-state index in [1.54, 1.807) is 6.07 Å². The minimum atomic E-state index is 0.245. The smallest absolute Gasteiger partial charge is 0.116 e. The van der Waals surface area contributed by atoms with Gasteiger partial charge in [0.1, 0.15) is 5.75 Å². The number of H-pyrrole nitrogens is 1. The van der Waals surface area contributed by atoms with Gasteiger partial charge in [-0.25, -0.2) is 0 Å². The topological polar surface area (TPSA) is 59.5 Å². The zero-order chi connectivity index (χ0) is 16.0. The van der Waals surface area contributed by atoms with Crippen molar-refractivity contribution in [2.75, 3.05) is 19.7 Å². The molecule has 0 saturated carbocycles. The van der Waals surface area contributed by atoms with Crippen LogP contribution in [0, 0.1) is 11.8 Å². The highest BCUT2D eigenvalue weighted by molar-refractivity contribution is 5.86. The molecule has 122 valence electrons. The molecule has 3 heterocycles. The lowest BCUT2D eigenvalue weighted by Gasteiger charge is -2.45. The van der Waals surface area contributed by atoms with Crippen LogP contribution in [-0.4, -0.2) is 39.8 Å². The zero-order valence-electron chi connectivity index (χ0n) is 13.3. The van der Waals surface area contributed by atoms with Crippen LogP contribution in [0.2, 0.25) is 0 Å². The molecule has 1 fully saturated rings. The molecule has 23 heavy (non-hydrogen) atoms. The number of rotatable bonds is 3. The highest BCUT2D eigenvalue weighted by Gasteiger charge is 2.38. The Hall–Kier alpha value is -1.78. The third-order valence-corrected chi connectivity index (χ3v) is 5.73. The fourth-order valence-electron chi connectivity index (χ4n) is 4.54. The Labute approximate surface area is 136 Å². The third-order valence-electron chi connectivity index (χ3n) is 5.73. The quantitative estimate of drug-likeness (QED) is 0.764. The zero-order valence-corrected chi connectivity index (χ0v) is 13.3. The number of aromatic nitrogens is 1. The molecular weight excluding hydrogens is 288 g/mol. The van der Waals surface area contributed by atoms with E-state index in [0.717, 1.165) is 43.3 Å². The van der Waals surface area contributed by atoms with Crippen molar-refractivity contribution in [2.24, 2.45) is 11.8 Å². The number of aromatic amines is 1. The number of piperidine rings is 1. The fourth-order valence-corrected chi connectivity index (χ4v) is 4.54. The molecule has 1 saturated heterocycles. The first-order chi connectivity index (χ1) is 11.2. The van der Waals surface area contributed by atoms with Crippen LogP contribution in [0.25, 0.3) is 10.9 Å². The third kappa shape index (κ3) is 2.37. The van der Waals surface area contributed by atoms with Gasteiger partial charge in [0.2, 0.25) is 0 Å². The number of fused-ring (bicyclic) bond motifs is 5. The summed E-state index contributed by atoms with van der Waals surface area (Å²) >= 11 is 0. The lowest BCUT2D eigenvalue weighted by atomic mass is 9.77. The van der Waals surface area contributed by atoms with Gasteiger partial charge in [0.05, 0.1) is 6.04 Å². The Morgan fingerprint density at radius 2 is 2.26 bits per heavy atom.